The van der Waals surface area contributed by atoms with Gasteiger partial charge in [-0.1, -0.05) is 25.1 Å². The maximum Gasteiger partial charge on any atom is 0.489 e. The van der Waals surface area contributed by atoms with E-state index >= 15 is 0 Å². The largest absolute Gasteiger partial charge is 0.489 e. The Hall–Kier alpha value is -1.66. The highest BCUT2D eigenvalue weighted by atomic mass is 16.4. The van der Waals surface area contributed by atoms with Gasteiger partial charge in [-0.3, -0.25) is 0 Å². The monoisotopic (exact) mass is 232 g/mol. The van der Waals surface area contributed by atoms with Crippen molar-refractivity contribution in [2.24, 2.45) is 0 Å². The normalized spacial score (nSPS) is 10.5. The molecule has 17 heavy (non-hydrogen) atoms. The van der Waals surface area contributed by atoms with E-state index in [-0.39, 0.29) is 0 Å². The molecule has 2 rings (SSSR count). The van der Waals surface area contributed by atoms with Crippen molar-refractivity contribution in [2.75, 3.05) is 0 Å². The first-order valence-corrected chi connectivity index (χ1v) is 5.50. The SMILES string of the molecule is CCCc1nnc(-c2ccccc2B(O)O)o1. The van der Waals surface area contributed by atoms with Crippen LogP contribution in [0, 0.1) is 0 Å². The molecule has 0 spiro atoms. The summed E-state index contributed by atoms with van der Waals surface area (Å²) in [4.78, 5) is 0. The first-order chi connectivity index (χ1) is 8.22. The van der Waals surface area contributed by atoms with Crippen LogP contribution in [0.1, 0.15) is 19.2 Å². The van der Waals surface area contributed by atoms with E-state index < -0.39 is 7.12 Å². The molecule has 88 valence electrons. The van der Waals surface area contributed by atoms with E-state index in [1.165, 1.54) is 0 Å². The number of rotatable bonds is 4. The zero-order chi connectivity index (χ0) is 12.3. The Labute approximate surface area is 99.3 Å². The minimum Gasteiger partial charge on any atom is -0.423 e. The predicted molar refractivity (Wildman–Crippen MR) is 63.6 cm³/mol. The summed E-state index contributed by atoms with van der Waals surface area (Å²) in [5.41, 5.74) is 0.913. The van der Waals surface area contributed by atoms with Crippen molar-refractivity contribution in [1.29, 1.82) is 0 Å². The zero-order valence-electron chi connectivity index (χ0n) is 9.50. The van der Waals surface area contributed by atoms with Crippen LogP contribution in [0.15, 0.2) is 28.7 Å². The first-order valence-electron chi connectivity index (χ1n) is 5.50. The van der Waals surface area contributed by atoms with Crippen molar-refractivity contribution in [3.05, 3.63) is 30.2 Å². The average Bonchev–Trinajstić information content (AvgIpc) is 2.78. The maximum absolute atomic E-state index is 9.24. The number of nitrogens with zero attached hydrogens (tertiary/aromatic N) is 2. The molecular weight excluding hydrogens is 219 g/mol. The molecule has 0 aliphatic carbocycles. The van der Waals surface area contributed by atoms with Crippen molar-refractivity contribution in [3.63, 3.8) is 0 Å². The van der Waals surface area contributed by atoms with Gasteiger partial charge >= 0.3 is 7.12 Å². The molecule has 0 aliphatic rings. The fraction of sp³-hybridized carbons (Fsp3) is 0.273. The lowest BCUT2D eigenvalue weighted by Gasteiger charge is -2.03. The topological polar surface area (TPSA) is 79.4 Å². The number of hydrogen-bond donors (Lipinski definition) is 2. The van der Waals surface area contributed by atoms with Crippen molar-refractivity contribution < 1.29 is 14.5 Å². The van der Waals surface area contributed by atoms with Gasteiger partial charge in [-0.05, 0) is 17.9 Å². The average molecular weight is 232 g/mol. The number of hydrogen-bond acceptors (Lipinski definition) is 5. The molecule has 1 aromatic heterocycles. The molecule has 0 fully saturated rings. The molecule has 1 aromatic carbocycles. The Morgan fingerprint density at radius 2 is 2.00 bits per heavy atom. The fourth-order valence-corrected chi connectivity index (χ4v) is 1.59. The van der Waals surface area contributed by atoms with Crippen LogP contribution in [0.25, 0.3) is 11.5 Å². The second kappa shape index (κ2) is 5.12. The Kier molecular flexibility index (Phi) is 3.56. The highest BCUT2D eigenvalue weighted by molar-refractivity contribution is 6.60. The van der Waals surface area contributed by atoms with Gasteiger partial charge < -0.3 is 14.5 Å². The molecule has 0 unspecified atom stereocenters. The molecule has 2 N–H and O–H groups in total. The highest BCUT2D eigenvalue weighted by Gasteiger charge is 2.19. The van der Waals surface area contributed by atoms with E-state index in [1.54, 1.807) is 24.3 Å². The molecule has 0 bridgehead atoms. The summed E-state index contributed by atoms with van der Waals surface area (Å²) in [6.45, 7) is 2.02. The molecule has 1 heterocycles. The number of aromatic nitrogens is 2. The van der Waals surface area contributed by atoms with Crippen molar-refractivity contribution in [2.45, 2.75) is 19.8 Å². The molecule has 0 saturated heterocycles. The standard InChI is InChI=1S/C11H13BN2O3/c1-2-5-10-13-14-11(17-10)8-6-3-4-7-9(8)12(15)16/h3-4,6-7,15-16H,2,5H2,1H3. The van der Waals surface area contributed by atoms with Crippen LogP contribution < -0.4 is 5.46 Å². The van der Waals surface area contributed by atoms with E-state index in [0.29, 0.717) is 22.8 Å². The van der Waals surface area contributed by atoms with Gasteiger partial charge in [0.1, 0.15) is 0 Å². The molecule has 2 aromatic rings. The summed E-state index contributed by atoms with van der Waals surface area (Å²) in [5.74, 6) is 0.877. The minimum absolute atomic E-state index is 0.317. The molecule has 0 atom stereocenters. The summed E-state index contributed by atoms with van der Waals surface area (Å²) in [6, 6.07) is 6.84. The second-order valence-corrected chi connectivity index (χ2v) is 3.71. The predicted octanol–water partition coefficient (Wildman–Crippen LogP) is 0.369. The van der Waals surface area contributed by atoms with E-state index in [4.69, 9.17) is 4.42 Å². The smallest absolute Gasteiger partial charge is 0.423 e. The summed E-state index contributed by atoms with van der Waals surface area (Å²) in [6.07, 6.45) is 1.64. The van der Waals surface area contributed by atoms with Crippen molar-refractivity contribution >= 4 is 12.6 Å². The molecule has 6 heteroatoms. The fourth-order valence-electron chi connectivity index (χ4n) is 1.59. The zero-order valence-corrected chi connectivity index (χ0v) is 9.50. The van der Waals surface area contributed by atoms with Gasteiger partial charge in [-0.15, -0.1) is 10.2 Å². The van der Waals surface area contributed by atoms with E-state index in [1.807, 2.05) is 6.92 Å². The van der Waals surface area contributed by atoms with Crippen LogP contribution in [0.5, 0.6) is 0 Å². The van der Waals surface area contributed by atoms with Crippen LogP contribution in [-0.4, -0.2) is 27.4 Å². The molecule has 0 radical (unpaired) electrons. The Bertz CT molecular complexity index is 499. The molecule has 0 aliphatic heterocycles. The van der Waals surface area contributed by atoms with Gasteiger partial charge in [-0.25, -0.2) is 0 Å². The van der Waals surface area contributed by atoms with Crippen LogP contribution in [0.2, 0.25) is 0 Å². The van der Waals surface area contributed by atoms with Crippen LogP contribution in [-0.2, 0) is 6.42 Å². The lowest BCUT2D eigenvalue weighted by molar-refractivity contribution is 0.425. The van der Waals surface area contributed by atoms with Crippen molar-refractivity contribution in [3.8, 4) is 11.5 Å². The minimum atomic E-state index is -1.55. The van der Waals surface area contributed by atoms with Gasteiger partial charge in [0.15, 0.2) is 0 Å². The second-order valence-electron chi connectivity index (χ2n) is 3.71. The van der Waals surface area contributed by atoms with Gasteiger partial charge in [-0.2, -0.15) is 0 Å². The Balaban J connectivity index is 2.38. The lowest BCUT2D eigenvalue weighted by atomic mass is 9.77. The van der Waals surface area contributed by atoms with E-state index in [0.717, 1.165) is 12.8 Å². The summed E-state index contributed by atoms with van der Waals surface area (Å²) in [5, 5.41) is 26.3. The third-order valence-corrected chi connectivity index (χ3v) is 2.40. The quantitative estimate of drug-likeness (QED) is 0.744. The Morgan fingerprint density at radius 3 is 2.71 bits per heavy atom. The lowest BCUT2D eigenvalue weighted by Crippen LogP contribution is -2.31. The van der Waals surface area contributed by atoms with Crippen molar-refractivity contribution in [1.82, 2.24) is 10.2 Å². The van der Waals surface area contributed by atoms with Crippen LogP contribution in [0.4, 0.5) is 0 Å². The van der Waals surface area contributed by atoms with Gasteiger partial charge in [0.2, 0.25) is 11.8 Å². The maximum atomic E-state index is 9.24. The molecular formula is C11H13BN2O3. The Morgan fingerprint density at radius 1 is 1.24 bits per heavy atom. The van der Waals surface area contributed by atoms with E-state index in [2.05, 4.69) is 10.2 Å². The summed E-state index contributed by atoms with van der Waals surface area (Å²) < 4.78 is 5.46. The number of aryl methyl sites for hydroxylation is 1. The molecule has 0 amide bonds. The number of benzene rings is 1. The third kappa shape index (κ3) is 2.54. The van der Waals surface area contributed by atoms with Crippen LogP contribution in [0.3, 0.4) is 0 Å². The first kappa shape index (κ1) is 11.8. The molecule has 0 saturated carbocycles. The van der Waals surface area contributed by atoms with Gasteiger partial charge in [0, 0.05) is 12.0 Å². The van der Waals surface area contributed by atoms with E-state index in [9.17, 15) is 10.0 Å². The molecule has 5 nitrogen and oxygen atoms in total. The van der Waals surface area contributed by atoms with Gasteiger partial charge in [0.05, 0.1) is 0 Å². The highest BCUT2D eigenvalue weighted by Crippen LogP contribution is 2.16. The summed E-state index contributed by atoms with van der Waals surface area (Å²) in [7, 11) is -1.55. The summed E-state index contributed by atoms with van der Waals surface area (Å²) >= 11 is 0. The van der Waals surface area contributed by atoms with Crippen LogP contribution >= 0.6 is 0 Å². The van der Waals surface area contributed by atoms with Gasteiger partial charge in [0.25, 0.3) is 0 Å². The third-order valence-electron chi connectivity index (χ3n) is 2.40.